The highest BCUT2D eigenvalue weighted by atomic mass is 127. The summed E-state index contributed by atoms with van der Waals surface area (Å²) < 4.78 is 1.04. The third kappa shape index (κ3) is 4.26. The van der Waals surface area contributed by atoms with Crippen LogP contribution in [0.15, 0.2) is 41.8 Å². The second kappa shape index (κ2) is 8.95. The Balaban J connectivity index is 1.66. The predicted octanol–water partition coefficient (Wildman–Crippen LogP) is 4.85. The molecule has 2 aromatic rings. The standard InChI is InChI=1S/C22H23IN2O3S/c23-15-9-11-17(12-10-15)25-20(26)14-18(21(25)27)24(16-6-3-1-2-4-7-16)22(28)19-8-5-13-29-19/h5,8-13,16,18H,1-4,6-7,14H2. The van der Waals surface area contributed by atoms with Crippen molar-refractivity contribution in [2.75, 3.05) is 4.90 Å². The quantitative estimate of drug-likeness (QED) is 0.328. The van der Waals surface area contributed by atoms with Gasteiger partial charge >= 0.3 is 0 Å². The number of thiophene rings is 1. The first kappa shape index (κ1) is 20.5. The fourth-order valence-corrected chi connectivity index (χ4v) is 5.35. The second-order valence-corrected chi connectivity index (χ2v) is 9.79. The zero-order valence-corrected chi connectivity index (χ0v) is 19.0. The van der Waals surface area contributed by atoms with Crippen molar-refractivity contribution in [1.82, 2.24) is 4.90 Å². The number of anilines is 1. The van der Waals surface area contributed by atoms with Crippen molar-refractivity contribution in [2.45, 2.75) is 57.0 Å². The van der Waals surface area contributed by atoms with Crippen LogP contribution >= 0.6 is 33.9 Å². The van der Waals surface area contributed by atoms with Gasteiger partial charge in [0.05, 0.1) is 17.0 Å². The maximum Gasteiger partial charge on any atom is 0.264 e. The third-order valence-electron chi connectivity index (χ3n) is 5.73. The lowest BCUT2D eigenvalue weighted by Gasteiger charge is -2.34. The zero-order chi connectivity index (χ0) is 20.4. The molecule has 0 N–H and O–H groups in total. The number of nitrogens with zero attached hydrogens (tertiary/aromatic N) is 2. The van der Waals surface area contributed by atoms with Crippen molar-refractivity contribution >= 4 is 57.3 Å². The molecule has 2 heterocycles. The van der Waals surface area contributed by atoms with Crippen molar-refractivity contribution in [1.29, 1.82) is 0 Å². The summed E-state index contributed by atoms with van der Waals surface area (Å²) in [7, 11) is 0. The highest BCUT2D eigenvalue weighted by Crippen LogP contribution is 2.32. The molecule has 1 aliphatic heterocycles. The fraction of sp³-hybridized carbons (Fsp3) is 0.409. The average molecular weight is 522 g/mol. The molecular formula is C22H23IN2O3S. The molecule has 152 valence electrons. The van der Waals surface area contributed by atoms with Crippen LogP contribution in [0.3, 0.4) is 0 Å². The molecule has 2 aliphatic rings. The van der Waals surface area contributed by atoms with Crippen LogP contribution in [0.1, 0.15) is 54.6 Å². The Labute approximate surface area is 188 Å². The van der Waals surface area contributed by atoms with Gasteiger partial charge in [-0.05, 0) is 71.1 Å². The third-order valence-corrected chi connectivity index (χ3v) is 7.31. The minimum absolute atomic E-state index is 0.00511. The SMILES string of the molecule is O=C1CC(N(C(=O)c2cccs2)C2CCCCCC2)C(=O)N1c1ccc(I)cc1. The molecule has 0 spiro atoms. The Morgan fingerprint density at radius 2 is 1.72 bits per heavy atom. The van der Waals surface area contributed by atoms with Crippen molar-refractivity contribution in [3.63, 3.8) is 0 Å². The first-order valence-corrected chi connectivity index (χ1v) is 12.0. The Bertz CT molecular complexity index is 889. The number of imide groups is 1. The summed E-state index contributed by atoms with van der Waals surface area (Å²) in [5, 5.41) is 1.87. The molecule has 4 rings (SSSR count). The molecule has 0 bridgehead atoms. The van der Waals surface area contributed by atoms with Crippen molar-refractivity contribution < 1.29 is 14.4 Å². The van der Waals surface area contributed by atoms with Crippen LogP contribution in [0.4, 0.5) is 5.69 Å². The van der Waals surface area contributed by atoms with Gasteiger partial charge in [0.2, 0.25) is 5.91 Å². The van der Waals surface area contributed by atoms with E-state index in [2.05, 4.69) is 22.6 Å². The van der Waals surface area contributed by atoms with Gasteiger partial charge in [0, 0.05) is 9.61 Å². The Hall–Kier alpha value is -1.74. The molecule has 5 nitrogen and oxygen atoms in total. The normalized spacial score (nSPS) is 20.7. The van der Waals surface area contributed by atoms with E-state index in [1.54, 1.807) is 23.1 Å². The Morgan fingerprint density at radius 1 is 1.03 bits per heavy atom. The van der Waals surface area contributed by atoms with Crippen LogP contribution in [0, 0.1) is 3.57 Å². The van der Waals surface area contributed by atoms with E-state index >= 15 is 0 Å². The Kier molecular flexibility index (Phi) is 6.34. The number of carbonyl (C=O) groups is 3. The zero-order valence-electron chi connectivity index (χ0n) is 16.1. The molecule has 7 heteroatoms. The van der Waals surface area contributed by atoms with Crippen LogP contribution < -0.4 is 4.90 Å². The van der Waals surface area contributed by atoms with E-state index in [0.29, 0.717) is 10.6 Å². The summed E-state index contributed by atoms with van der Waals surface area (Å²) in [6.45, 7) is 0. The molecule has 2 fully saturated rings. The van der Waals surface area contributed by atoms with E-state index in [9.17, 15) is 14.4 Å². The number of halogens is 1. The maximum atomic E-state index is 13.4. The topological polar surface area (TPSA) is 57.7 Å². The number of hydrogen-bond acceptors (Lipinski definition) is 4. The molecule has 3 amide bonds. The van der Waals surface area contributed by atoms with E-state index in [-0.39, 0.29) is 30.2 Å². The molecule has 1 saturated heterocycles. The van der Waals surface area contributed by atoms with Crippen LogP contribution in [0.2, 0.25) is 0 Å². The van der Waals surface area contributed by atoms with Crippen molar-refractivity contribution in [3.8, 4) is 0 Å². The second-order valence-electron chi connectivity index (χ2n) is 7.60. The van der Waals surface area contributed by atoms with Crippen LogP contribution in [-0.2, 0) is 9.59 Å². The Morgan fingerprint density at radius 3 is 2.34 bits per heavy atom. The highest BCUT2D eigenvalue weighted by Gasteiger charge is 2.46. The predicted molar refractivity (Wildman–Crippen MR) is 122 cm³/mol. The summed E-state index contributed by atoms with van der Waals surface area (Å²) in [6.07, 6.45) is 6.24. The van der Waals surface area contributed by atoms with E-state index in [1.165, 1.54) is 16.2 Å². The molecule has 1 unspecified atom stereocenters. The van der Waals surface area contributed by atoms with Gasteiger partial charge in [-0.3, -0.25) is 14.4 Å². The van der Waals surface area contributed by atoms with Gasteiger partial charge in [0.15, 0.2) is 0 Å². The molecule has 29 heavy (non-hydrogen) atoms. The molecular weight excluding hydrogens is 499 g/mol. The fourth-order valence-electron chi connectivity index (χ4n) is 4.32. The first-order chi connectivity index (χ1) is 14.1. The average Bonchev–Trinajstić information content (AvgIpc) is 3.25. The lowest BCUT2D eigenvalue weighted by molar-refractivity contribution is -0.123. The maximum absolute atomic E-state index is 13.4. The number of rotatable bonds is 4. The first-order valence-electron chi connectivity index (χ1n) is 10.0. The molecule has 0 radical (unpaired) electrons. The lowest BCUT2D eigenvalue weighted by Crippen LogP contribution is -2.50. The van der Waals surface area contributed by atoms with Crippen molar-refractivity contribution in [3.05, 3.63) is 50.2 Å². The molecule has 1 atom stereocenters. The van der Waals surface area contributed by atoms with Gasteiger partial charge in [-0.25, -0.2) is 4.90 Å². The summed E-state index contributed by atoms with van der Waals surface area (Å²) >= 11 is 3.58. The summed E-state index contributed by atoms with van der Waals surface area (Å²) in [4.78, 5) is 43.2. The highest BCUT2D eigenvalue weighted by molar-refractivity contribution is 14.1. The van der Waals surface area contributed by atoms with Crippen LogP contribution in [0.5, 0.6) is 0 Å². The molecule has 1 aliphatic carbocycles. The summed E-state index contributed by atoms with van der Waals surface area (Å²) in [5.74, 6) is -0.647. The summed E-state index contributed by atoms with van der Waals surface area (Å²) in [5.41, 5.74) is 0.576. The number of hydrogen-bond donors (Lipinski definition) is 0. The number of benzene rings is 1. The number of amides is 3. The monoisotopic (exact) mass is 522 g/mol. The van der Waals surface area contributed by atoms with Gasteiger partial charge in [-0.2, -0.15) is 0 Å². The minimum Gasteiger partial charge on any atom is -0.322 e. The number of carbonyl (C=O) groups excluding carboxylic acids is 3. The van der Waals surface area contributed by atoms with E-state index < -0.39 is 6.04 Å². The van der Waals surface area contributed by atoms with Crippen LogP contribution in [0.25, 0.3) is 0 Å². The minimum atomic E-state index is -0.723. The van der Waals surface area contributed by atoms with Crippen molar-refractivity contribution in [2.24, 2.45) is 0 Å². The molecule has 1 saturated carbocycles. The van der Waals surface area contributed by atoms with Gasteiger partial charge in [-0.15, -0.1) is 11.3 Å². The van der Waals surface area contributed by atoms with E-state index in [1.807, 2.05) is 23.6 Å². The smallest absolute Gasteiger partial charge is 0.264 e. The van der Waals surface area contributed by atoms with E-state index in [4.69, 9.17) is 0 Å². The van der Waals surface area contributed by atoms with Gasteiger partial charge in [0.1, 0.15) is 6.04 Å². The van der Waals surface area contributed by atoms with Gasteiger partial charge in [0.25, 0.3) is 11.8 Å². The summed E-state index contributed by atoms with van der Waals surface area (Å²) in [6, 6.07) is 10.3. The van der Waals surface area contributed by atoms with Crippen LogP contribution in [-0.4, -0.2) is 34.7 Å². The molecule has 1 aromatic carbocycles. The lowest BCUT2D eigenvalue weighted by atomic mass is 10.0. The van der Waals surface area contributed by atoms with Gasteiger partial charge < -0.3 is 4.90 Å². The molecule has 1 aromatic heterocycles. The largest absolute Gasteiger partial charge is 0.322 e. The van der Waals surface area contributed by atoms with E-state index in [0.717, 1.165) is 42.1 Å². The van der Waals surface area contributed by atoms with Gasteiger partial charge in [-0.1, -0.05) is 31.7 Å².